The van der Waals surface area contributed by atoms with E-state index in [0.717, 1.165) is 64.2 Å². The van der Waals surface area contributed by atoms with Gasteiger partial charge in [-0.1, -0.05) is 77.6 Å². The van der Waals surface area contributed by atoms with Crippen LogP contribution in [0.25, 0.3) is 0 Å². The van der Waals surface area contributed by atoms with Crippen LogP contribution in [0.2, 0.25) is 0 Å². The first-order chi connectivity index (χ1) is 20.6. The van der Waals surface area contributed by atoms with Gasteiger partial charge in [-0.2, -0.15) is 0 Å². The standard InChI is InChI=1S/C30H56O13/c1-2-3-4-11-14-20(33)15-12-9-7-5-6-8-10-13-16-23(34)40-19-30(28(39)25(36)22(18-32)42-30)43-29-27(38)26(37)24(35)21(17-31)41-29/h20-22,24-29,31-33,35-39H,2-19H2,1H3/t20?,21-,22-,24-,25-,26+,27-,28+,29-,30+/m1/s1. The summed E-state index contributed by atoms with van der Waals surface area (Å²) in [6.45, 7) is 0.0375. The lowest BCUT2D eigenvalue weighted by Crippen LogP contribution is -2.62. The molecule has 0 aliphatic carbocycles. The summed E-state index contributed by atoms with van der Waals surface area (Å²) < 4.78 is 21.8. The summed E-state index contributed by atoms with van der Waals surface area (Å²) in [5.74, 6) is -2.87. The van der Waals surface area contributed by atoms with E-state index in [2.05, 4.69) is 6.92 Å². The third-order valence-corrected chi connectivity index (χ3v) is 8.34. The quantitative estimate of drug-likeness (QED) is 0.0605. The SMILES string of the molecule is CCCCCCC(O)CCCCCCCCCCC(=O)OC[C@@]1(O[C@H]2O[C@H](CO)[C@@H](O)[C@H](O)[C@H]2O)O[C@H](CO)[C@@H](O)[C@@H]1O. The average Bonchev–Trinajstić information content (AvgIpc) is 3.24. The second-order valence-electron chi connectivity index (χ2n) is 11.9. The van der Waals surface area contributed by atoms with Crippen LogP contribution in [0.15, 0.2) is 0 Å². The fourth-order valence-electron chi connectivity index (χ4n) is 5.53. The Bertz CT molecular complexity index is 756. The molecule has 0 radical (unpaired) electrons. The molecular formula is C30H56O13. The number of aliphatic hydroxyl groups is 8. The van der Waals surface area contributed by atoms with Gasteiger partial charge in [-0.05, 0) is 19.3 Å². The Kier molecular flexibility index (Phi) is 18.0. The lowest BCUT2D eigenvalue weighted by atomic mass is 9.99. The Morgan fingerprint density at radius 3 is 1.86 bits per heavy atom. The van der Waals surface area contributed by atoms with E-state index >= 15 is 0 Å². The van der Waals surface area contributed by atoms with E-state index in [1.165, 1.54) is 19.3 Å². The largest absolute Gasteiger partial charge is 0.460 e. The van der Waals surface area contributed by atoms with Gasteiger partial charge in [-0.15, -0.1) is 0 Å². The molecule has 2 aliphatic rings. The molecule has 2 aliphatic heterocycles. The van der Waals surface area contributed by atoms with E-state index in [4.69, 9.17) is 18.9 Å². The molecule has 2 fully saturated rings. The first kappa shape index (κ1) is 38.2. The second-order valence-corrected chi connectivity index (χ2v) is 11.9. The van der Waals surface area contributed by atoms with Crippen molar-refractivity contribution in [2.75, 3.05) is 19.8 Å². The Morgan fingerprint density at radius 2 is 1.30 bits per heavy atom. The molecule has 0 bridgehead atoms. The summed E-state index contributed by atoms with van der Waals surface area (Å²) in [5, 5.41) is 80.5. The van der Waals surface area contributed by atoms with Gasteiger partial charge >= 0.3 is 5.97 Å². The Morgan fingerprint density at radius 1 is 0.744 bits per heavy atom. The minimum atomic E-state index is -2.26. The smallest absolute Gasteiger partial charge is 0.305 e. The number of carbonyl (C=O) groups excluding carboxylic acids is 1. The van der Waals surface area contributed by atoms with Gasteiger partial charge in [-0.3, -0.25) is 4.79 Å². The van der Waals surface area contributed by atoms with Gasteiger partial charge in [-0.25, -0.2) is 0 Å². The van der Waals surface area contributed by atoms with Crippen molar-refractivity contribution in [1.82, 2.24) is 0 Å². The highest BCUT2D eigenvalue weighted by atomic mass is 16.8. The van der Waals surface area contributed by atoms with E-state index < -0.39 is 80.6 Å². The van der Waals surface area contributed by atoms with Crippen molar-refractivity contribution in [3.8, 4) is 0 Å². The van der Waals surface area contributed by atoms with E-state index in [1.54, 1.807) is 0 Å². The number of aliphatic hydroxyl groups excluding tert-OH is 8. The molecule has 43 heavy (non-hydrogen) atoms. The van der Waals surface area contributed by atoms with Crippen LogP contribution in [-0.2, 0) is 23.7 Å². The highest BCUT2D eigenvalue weighted by Gasteiger charge is 2.59. The van der Waals surface area contributed by atoms with Crippen LogP contribution in [0, 0.1) is 0 Å². The van der Waals surface area contributed by atoms with Gasteiger partial charge in [0.15, 0.2) is 6.29 Å². The number of rotatable bonds is 22. The first-order valence-electron chi connectivity index (χ1n) is 16.1. The number of ether oxygens (including phenoxy) is 4. The van der Waals surface area contributed by atoms with Crippen LogP contribution >= 0.6 is 0 Å². The van der Waals surface area contributed by atoms with E-state index in [0.29, 0.717) is 6.42 Å². The third kappa shape index (κ3) is 12.0. The van der Waals surface area contributed by atoms with Gasteiger partial charge < -0.3 is 59.8 Å². The lowest BCUT2D eigenvalue weighted by Gasteiger charge is -2.43. The summed E-state index contributed by atoms with van der Waals surface area (Å²) in [6.07, 6.45) is 1.08. The van der Waals surface area contributed by atoms with Crippen molar-refractivity contribution in [3.63, 3.8) is 0 Å². The van der Waals surface area contributed by atoms with E-state index in [1.807, 2.05) is 0 Å². The number of carbonyl (C=O) groups is 1. The summed E-state index contributed by atoms with van der Waals surface area (Å²) in [5.41, 5.74) is 0. The number of unbranched alkanes of at least 4 members (excludes halogenated alkanes) is 10. The maximum atomic E-state index is 12.5. The maximum Gasteiger partial charge on any atom is 0.305 e. The fraction of sp³-hybridized carbons (Fsp3) is 0.967. The molecule has 0 saturated carbocycles. The Labute approximate surface area is 254 Å². The van der Waals surface area contributed by atoms with Gasteiger partial charge in [0.2, 0.25) is 5.79 Å². The Hall–Kier alpha value is -0.970. The van der Waals surface area contributed by atoms with Crippen LogP contribution in [0.1, 0.15) is 103 Å². The number of hydrogen-bond donors (Lipinski definition) is 8. The maximum absolute atomic E-state index is 12.5. The van der Waals surface area contributed by atoms with Crippen molar-refractivity contribution in [2.24, 2.45) is 0 Å². The average molecular weight is 625 g/mol. The molecule has 2 heterocycles. The normalized spacial score (nSPS) is 33.5. The molecule has 0 aromatic heterocycles. The van der Waals surface area contributed by atoms with Crippen LogP contribution in [0.3, 0.4) is 0 Å². The third-order valence-electron chi connectivity index (χ3n) is 8.34. The molecule has 10 atom stereocenters. The van der Waals surface area contributed by atoms with Crippen molar-refractivity contribution >= 4 is 5.97 Å². The van der Waals surface area contributed by atoms with Crippen LogP contribution in [-0.4, -0.2) is 128 Å². The first-order valence-corrected chi connectivity index (χ1v) is 16.1. The predicted octanol–water partition coefficient (Wildman–Crippen LogP) is 0.388. The molecule has 8 N–H and O–H groups in total. The molecule has 2 saturated heterocycles. The lowest BCUT2D eigenvalue weighted by molar-refractivity contribution is -0.383. The minimum Gasteiger partial charge on any atom is -0.460 e. The molecule has 0 aromatic carbocycles. The van der Waals surface area contributed by atoms with E-state index in [-0.39, 0.29) is 12.5 Å². The van der Waals surface area contributed by atoms with E-state index in [9.17, 15) is 45.6 Å². The second kappa shape index (κ2) is 20.2. The molecule has 2 rings (SSSR count). The van der Waals surface area contributed by atoms with Gasteiger partial charge in [0.25, 0.3) is 0 Å². The van der Waals surface area contributed by atoms with Gasteiger partial charge in [0, 0.05) is 6.42 Å². The molecule has 13 heteroatoms. The fourth-order valence-corrected chi connectivity index (χ4v) is 5.53. The molecule has 0 amide bonds. The van der Waals surface area contributed by atoms with Gasteiger partial charge in [0.1, 0.15) is 49.3 Å². The monoisotopic (exact) mass is 624 g/mol. The van der Waals surface area contributed by atoms with Crippen molar-refractivity contribution in [1.29, 1.82) is 0 Å². The summed E-state index contributed by atoms with van der Waals surface area (Å²) >= 11 is 0. The predicted molar refractivity (Wildman–Crippen MR) is 153 cm³/mol. The molecule has 0 aromatic rings. The minimum absolute atomic E-state index is 0.0916. The molecular weight excluding hydrogens is 568 g/mol. The Balaban J connectivity index is 1.70. The highest BCUT2D eigenvalue weighted by Crippen LogP contribution is 2.36. The topological polar surface area (TPSA) is 216 Å². The number of hydrogen-bond acceptors (Lipinski definition) is 13. The zero-order valence-corrected chi connectivity index (χ0v) is 25.5. The zero-order chi connectivity index (χ0) is 31.8. The van der Waals surface area contributed by atoms with Crippen LogP contribution in [0.4, 0.5) is 0 Å². The molecule has 0 spiro atoms. The molecule has 254 valence electrons. The summed E-state index contributed by atoms with van der Waals surface area (Å²) in [4.78, 5) is 12.5. The van der Waals surface area contributed by atoms with Crippen molar-refractivity contribution in [3.05, 3.63) is 0 Å². The molecule has 1 unspecified atom stereocenters. The van der Waals surface area contributed by atoms with Crippen LogP contribution < -0.4 is 0 Å². The summed E-state index contributed by atoms with van der Waals surface area (Å²) in [7, 11) is 0. The molecule has 13 nitrogen and oxygen atoms in total. The van der Waals surface area contributed by atoms with Crippen molar-refractivity contribution in [2.45, 2.75) is 164 Å². The number of esters is 1. The zero-order valence-electron chi connectivity index (χ0n) is 25.5. The van der Waals surface area contributed by atoms with Crippen molar-refractivity contribution < 1.29 is 64.6 Å². The summed E-state index contributed by atoms with van der Waals surface area (Å²) in [6, 6.07) is 0. The highest BCUT2D eigenvalue weighted by molar-refractivity contribution is 5.69. The van der Waals surface area contributed by atoms with Gasteiger partial charge in [0.05, 0.1) is 19.3 Å². The van der Waals surface area contributed by atoms with Crippen LogP contribution in [0.5, 0.6) is 0 Å².